The van der Waals surface area contributed by atoms with Crippen LogP contribution in [0.1, 0.15) is 30.9 Å². The molecule has 0 spiro atoms. The van der Waals surface area contributed by atoms with Gasteiger partial charge in [0.2, 0.25) is 0 Å². The first kappa shape index (κ1) is 18.0. The maximum Gasteiger partial charge on any atom is 0.0928 e. The lowest BCUT2D eigenvalue weighted by Gasteiger charge is -2.34. The van der Waals surface area contributed by atoms with Gasteiger partial charge in [-0.2, -0.15) is 0 Å². The Morgan fingerprint density at radius 1 is 1.00 bits per heavy atom. The number of nitrogens with one attached hydrogen (secondary N) is 1. The fourth-order valence-electron chi connectivity index (χ4n) is 3.78. The summed E-state index contributed by atoms with van der Waals surface area (Å²) in [7, 11) is 1.85. The summed E-state index contributed by atoms with van der Waals surface area (Å²) in [4.78, 5) is 2.45. The number of hydrogen-bond donors (Lipinski definition) is 1. The maximum absolute atomic E-state index is 6.06. The highest BCUT2D eigenvalue weighted by molar-refractivity contribution is 5.49. The van der Waals surface area contributed by atoms with E-state index in [0.717, 1.165) is 45.4 Å². The first-order valence-electron chi connectivity index (χ1n) is 9.43. The number of rotatable bonds is 7. The number of anilines is 1. The van der Waals surface area contributed by atoms with Crippen molar-refractivity contribution in [1.82, 2.24) is 5.32 Å². The second-order valence-corrected chi connectivity index (χ2v) is 6.82. The van der Waals surface area contributed by atoms with Gasteiger partial charge in [0.25, 0.3) is 0 Å². The third kappa shape index (κ3) is 4.23. The quantitative estimate of drug-likeness (QED) is 0.826. The van der Waals surface area contributed by atoms with E-state index in [0.29, 0.717) is 0 Å². The minimum absolute atomic E-state index is 0.210. The molecule has 0 bridgehead atoms. The Hall–Kier alpha value is -1.84. The van der Waals surface area contributed by atoms with Crippen LogP contribution >= 0.6 is 0 Å². The molecule has 1 fully saturated rings. The standard InChI is InChI=1S/C22H30N2O/c1-3-22(25-2,14-13-19-7-5-4-6-8-19)20-9-11-21(12-10-20)24-17-15-23-16-18-24/h4-12,23H,3,13-18H2,1-2H3. The number of benzene rings is 2. The molecule has 25 heavy (non-hydrogen) atoms. The van der Waals surface area contributed by atoms with Crippen molar-refractivity contribution in [3.8, 4) is 0 Å². The molecular weight excluding hydrogens is 308 g/mol. The number of ether oxygens (including phenoxy) is 1. The summed E-state index contributed by atoms with van der Waals surface area (Å²) in [6, 6.07) is 19.7. The Balaban J connectivity index is 1.74. The van der Waals surface area contributed by atoms with Gasteiger partial charge < -0.3 is 15.0 Å². The zero-order chi connectivity index (χ0) is 17.5. The van der Waals surface area contributed by atoms with Crippen LogP contribution in [0.2, 0.25) is 0 Å². The lowest BCUT2D eigenvalue weighted by Crippen LogP contribution is -2.43. The molecule has 1 heterocycles. The van der Waals surface area contributed by atoms with Gasteiger partial charge in [0, 0.05) is 39.0 Å². The van der Waals surface area contributed by atoms with Gasteiger partial charge in [-0.05, 0) is 42.5 Å². The van der Waals surface area contributed by atoms with Crippen molar-refractivity contribution >= 4 is 5.69 Å². The molecule has 1 aliphatic heterocycles. The molecule has 1 unspecified atom stereocenters. The summed E-state index contributed by atoms with van der Waals surface area (Å²) >= 11 is 0. The molecule has 0 amide bonds. The van der Waals surface area contributed by atoms with Crippen molar-refractivity contribution < 1.29 is 4.74 Å². The van der Waals surface area contributed by atoms with Crippen LogP contribution in [-0.4, -0.2) is 33.3 Å². The van der Waals surface area contributed by atoms with Crippen molar-refractivity contribution in [2.75, 3.05) is 38.2 Å². The van der Waals surface area contributed by atoms with Gasteiger partial charge in [-0.25, -0.2) is 0 Å². The molecule has 0 aromatic heterocycles. The van der Waals surface area contributed by atoms with Crippen LogP contribution < -0.4 is 10.2 Å². The molecule has 1 saturated heterocycles. The summed E-state index contributed by atoms with van der Waals surface area (Å²) in [6.07, 6.45) is 3.00. The predicted molar refractivity (Wildman–Crippen MR) is 105 cm³/mol. The highest BCUT2D eigenvalue weighted by atomic mass is 16.5. The molecule has 1 aliphatic rings. The molecular formula is C22H30N2O. The maximum atomic E-state index is 6.06. The van der Waals surface area contributed by atoms with Crippen molar-refractivity contribution in [2.24, 2.45) is 0 Å². The SMILES string of the molecule is CCC(CCc1ccccc1)(OC)c1ccc(N2CCNCC2)cc1. The van der Waals surface area contributed by atoms with Gasteiger partial charge in [-0.1, -0.05) is 49.4 Å². The normalized spacial score (nSPS) is 17.3. The van der Waals surface area contributed by atoms with E-state index in [9.17, 15) is 0 Å². The summed E-state index contributed by atoms with van der Waals surface area (Å²) in [5, 5.41) is 3.41. The van der Waals surface area contributed by atoms with Crippen molar-refractivity contribution in [2.45, 2.75) is 31.8 Å². The van der Waals surface area contributed by atoms with Crippen molar-refractivity contribution in [3.63, 3.8) is 0 Å². The summed E-state index contributed by atoms with van der Waals surface area (Å²) in [5.74, 6) is 0. The molecule has 0 radical (unpaired) electrons. The average Bonchev–Trinajstić information content (AvgIpc) is 2.71. The molecule has 2 aromatic carbocycles. The van der Waals surface area contributed by atoms with E-state index in [-0.39, 0.29) is 5.60 Å². The Kier molecular flexibility index (Phi) is 6.11. The number of aryl methyl sites for hydroxylation is 1. The topological polar surface area (TPSA) is 24.5 Å². The van der Waals surface area contributed by atoms with Crippen molar-refractivity contribution in [3.05, 3.63) is 65.7 Å². The minimum atomic E-state index is -0.210. The second kappa shape index (κ2) is 8.50. The van der Waals surface area contributed by atoms with Gasteiger partial charge in [0.05, 0.1) is 5.60 Å². The van der Waals surface area contributed by atoms with Crippen LogP contribution in [0.4, 0.5) is 5.69 Å². The Morgan fingerprint density at radius 2 is 1.68 bits per heavy atom. The largest absolute Gasteiger partial charge is 0.374 e. The number of piperazine rings is 1. The van der Waals surface area contributed by atoms with Crippen LogP contribution in [0.25, 0.3) is 0 Å². The van der Waals surface area contributed by atoms with E-state index in [4.69, 9.17) is 4.74 Å². The highest BCUT2D eigenvalue weighted by Gasteiger charge is 2.30. The third-order valence-electron chi connectivity index (χ3n) is 5.50. The number of methoxy groups -OCH3 is 1. The molecule has 3 nitrogen and oxygen atoms in total. The van der Waals surface area contributed by atoms with Crippen LogP contribution in [0.3, 0.4) is 0 Å². The molecule has 2 aromatic rings. The smallest absolute Gasteiger partial charge is 0.0928 e. The van der Waals surface area contributed by atoms with E-state index < -0.39 is 0 Å². The van der Waals surface area contributed by atoms with E-state index in [1.165, 1.54) is 16.8 Å². The molecule has 3 heteroatoms. The minimum Gasteiger partial charge on any atom is -0.374 e. The average molecular weight is 338 g/mol. The monoisotopic (exact) mass is 338 g/mol. The summed E-state index contributed by atoms with van der Waals surface area (Å²) in [6.45, 7) is 6.51. The van der Waals surface area contributed by atoms with E-state index in [2.05, 4.69) is 71.7 Å². The first-order valence-corrected chi connectivity index (χ1v) is 9.43. The molecule has 1 N–H and O–H groups in total. The lowest BCUT2D eigenvalue weighted by molar-refractivity contribution is -0.0254. The van der Waals surface area contributed by atoms with Gasteiger partial charge in [0.1, 0.15) is 0 Å². The third-order valence-corrected chi connectivity index (χ3v) is 5.50. The zero-order valence-electron chi connectivity index (χ0n) is 15.5. The van der Waals surface area contributed by atoms with Crippen molar-refractivity contribution in [1.29, 1.82) is 0 Å². The summed E-state index contributed by atoms with van der Waals surface area (Å²) < 4.78 is 6.06. The molecule has 0 aliphatic carbocycles. The predicted octanol–water partition coefficient (Wildman–Crippen LogP) is 3.98. The fourth-order valence-corrected chi connectivity index (χ4v) is 3.78. The molecule has 0 saturated carbocycles. The molecule has 3 rings (SSSR count). The van der Waals surface area contributed by atoms with Gasteiger partial charge in [-0.3, -0.25) is 0 Å². The Labute approximate surface area is 152 Å². The van der Waals surface area contributed by atoms with Gasteiger partial charge in [-0.15, -0.1) is 0 Å². The Bertz CT molecular complexity index is 629. The number of nitrogens with zero attached hydrogens (tertiary/aromatic N) is 1. The van der Waals surface area contributed by atoms with Crippen LogP contribution in [0.15, 0.2) is 54.6 Å². The van der Waals surface area contributed by atoms with Crippen LogP contribution in [0, 0.1) is 0 Å². The van der Waals surface area contributed by atoms with Gasteiger partial charge >= 0.3 is 0 Å². The van der Waals surface area contributed by atoms with E-state index in [1.54, 1.807) is 0 Å². The summed E-state index contributed by atoms with van der Waals surface area (Å²) in [5.41, 5.74) is 3.76. The molecule has 1 atom stereocenters. The van der Waals surface area contributed by atoms with E-state index >= 15 is 0 Å². The Morgan fingerprint density at radius 3 is 2.28 bits per heavy atom. The highest BCUT2D eigenvalue weighted by Crippen LogP contribution is 2.35. The molecule has 134 valence electrons. The van der Waals surface area contributed by atoms with Gasteiger partial charge in [0.15, 0.2) is 0 Å². The van der Waals surface area contributed by atoms with Crippen LogP contribution in [0.5, 0.6) is 0 Å². The van der Waals surface area contributed by atoms with E-state index in [1.807, 2.05) is 7.11 Å². The zero-order valence-corrected chi connectivity index (χ0v) is 15.5. The lowest BCUT2D eigenvalue weighted by atomic mass is 9.85. The number of hydrogen-bond acceptors (Lipinski definition) is 3. The van der Waals surface area contributed by atoms with Crippen LogP contribution in [-0.2, 0) is 16.8 Å². The second-order valence-electron chi connectivity index (χ2n) is 6.82. The fraction of sp³-hybridized carbons (Fsp3) is 0.455. The first-order chi connectivity index (χ1) is 12.3.